The van der Waals surface area contributed by atoms with E-state index in [0.29, 0.717) is 6.04 Å². The van der Waals surface area contributed by atoms with Gasteiger partial charge in [-0.1, -0.05) is 68.7 Å². The van der Waals surface area contributed by atoms with Crippen LogP contribution < -0.4 is 5.32 Å². The fraction of sp³-hybridized carbons (Fsp3) is 0.444. The van der Waals surface area contributed by atoms with E-state index < -0.39 is 0 Å². The minimum Gasteiger partial charge on any atom is -0.310 e. The number of nitrogens with one attached hydrogen (secondary N) is 1. The summed E-state index contributed by atoms with van der Waals surface area (Å²) in [6.45, 7) is 5.52. The lowest BCUT2D eigenvalue weighted by Crippen LogP contribution is -2.25. The highest BCUT2D eigenvalue weighted by atomic mass is 14.9. The van der Waals surface area contributed by atoms with E-state index in [4.69, 9.17) is 0 Å². The second-order valence-corrected chi connectivity index (χ2v) is 5.42. The van der Waals surface area contributed by atoms with Crippen molar-refractivity contribution in [1.29, 1.82) is 0 Å². The molecule has 0 amide bonds. The van der Waals surface area contributed by atoms with E-state index in [1.165, 1.54) is 42.0 Å². The van der Waals surface area contributed by atoms with Crippen LogP contribution in [0.1, 0.15) is 45.1 Å². The normalized spacial score (nSPS) is 12.7. The summed E-state index contributed by atoms with van der Waals surface area (Å²) >= 11 is 0. The molecule has 102 valence electrons. The van der Waals surface area contributed by atoms with Gasteiger partial charge in [-0.3, -0.25) is 0 Å². The largest absolute Gasteiger partial charge is 0.310 e. The summed E-state index contributed by atoms with van der Waals surface area (Å²) in [6, 6.07) is 15.8. The molecule has 0 aliphatic heterocycles. The van der Waals surface area contributed by atoms with Crippen molar-refractivity contribution in [3.63, 3.8) is 0 Å². The van der Waals surface area contributed by atoms with Crippen LogP contribution in [-0.4, -0.2) is 6.04 Å². The van der Waals surface area contributed by atoms with E-state index >= 15 is 0 Å². The second-order valence-electron chi connectivity index (χ2n) is 5.42. The molecule has 0 saturated heterocycles. The first-order valence-electron chi connectivity index (χ1n) is 7.51. The lowest BCUT2D eigenvalue weighted by atomic mass is 10.0. The Morgan fingerprint density at radius 1 is 1.00 bits per heavy atom. The average molecular weight is 255 g/mol. The van der Waals surface area contributed by atoms with Crippen LogP contribution in [0.3, 0.4) is 0 Å². The summed E-state index contributed by atoms with van der Waals surface area (Å²) in [5, 5.41) is 6.36. The Bertz CT molecular complexity index is 499. The third-order valence-electron chi connectivity index (χ3n) is 3.76. The Labute approximate surface area is 117 Å². The molecule has 0 fully saturated rings. The van der Waals surface area contributed by atoms with Crippen LogP contribution in [-0.2, 0) is 6.54 Å². The van der Waals surface area contributed by atoms with Gasteiger partial charge in [0.05, 0.1) is 0 Å². The number of unbranched alkanes of at least 4 members (excludes halogenated alkanes) is 2. The highest BCUT2D eigenvalue weighted by Crippen LogP contribution is 2.18. The van der Waals surface area contributed by atoms with Gasteiger partial charge in [-0.25, -0.2) is 0 Å². The zero-order valence-electron chi connectivity index (χ0n) is 12.2. The van der Waals surface area contributed by atoms with Gasteiger partial charge in [-0.2, -0.15) is 0 Å². The summed E-state index contributed by atoms with van der Waals surface area (Å²) in [5.74, 6) is 0. The van der Waals surface area contributed by atoms with Crippen molar-refractivity contribution in [3.05, 3.63) is 48.0 Å². The predicted octanol–water partition coefficient (Wildman–Crippen LogP) is 4.90. The van der Waals surface area contributed by atoms with E-state index in [1.54, 1.807) is 0 Å². The van der Waals surface area contributed by atoms with Gasteiger partial charge in [-0.05, 0) is 29.7 Å². The number of benzene rings is 2. The van der Waals surface area contributed by atoms with E-state index in [1.807, 2.05) is 0 Å². The van der Waals surface area contributed by atoms with Crippen LogP contribution in [0.5, 0.6) is 0 Å². The van der Waals surface area contributed by atoms with Crippen molar-refractivity contribution in [3.8, 4) is 0 Å². The zero-order chi connectivity index (χ0) is 13.5. The Morgan fingerprint density at radius 3 is 2.63 bits per heavy atom. The molecule has 0 heterocycles. The van der Waals surface area contributed by atoms with Crippen molar-refractivity contribution in [1.82, 2.24) is 5.32 Å². The Hall–Kier alpha value is -1.34. The summed E-state index contributed by atoms with van der Waals surface area (Å²) in [6.07, 6.45) is 5.26. The molecule has 0 saturated carbocycles. The van der Waals surface area contributed by atoms with Crippen molar-refractivity contribution in [2.24, 2.45) is 0 Å². The molecular weight excluding hydrogens is 230 g/mol. The van der Waals surface area contributed by atoms with Crippen molar-refractivity contribution in [2.75, 3.05) is 0 Å². The van der Waals surface area contributed by atoms with Crippen LogP contribution in [0.4, 0.5) is 0 Å². The summed E-state index contributed by atoms with van der Waals surface area (Å²) in [7, 11) is 0. The molecule has 1 unspecified atom stereocenters. The van der Waals surface area contributed by atoms with E-state index in [9.17, 15) is 0 Å². The lowest BCUT2D eigenvalue weighted by Gasteiger charge is -2.14. The molecule has 0 aromatic heterocycles. The molecule has 2 aromatic carbocycles. The van der Waals surface area contributed by atoms with Crippen LogP contribution >= 0.6 is 0 Å². The first-order chi connectivity index (χ1) is 9.31. The quantitative estimate of drug-likeness (QED) is 0.694. The second kappa shape index (κ2) is 7.30. The van der Waals surface area contributed by atoms with Gasteiger partial charge < -0.3 is 5.32 Å². The van der Waals surface area contributed by atoms with Gasteiger partial charge in [-0.15, -0.1) is 0 Å². The maximum Gasteiger partial charge on any atom is 0.0214 e. The van der Waals surface area contributed by atoms with Gasteiger partial charge in [0, 0.05) is 12.6 Å². The maximum atomic E-state index is 3.65. The minimum absolute atomic E-state index is 0.602. The van der Waals surface area contributed by atoms with Crippen molar-refractivity contribution < 1.29 is 0 Å². The predicted molar refractivity (Wildman–Crippen MR) is 84.4 cm³/mol. The van der Waals surface area contributed by atoms with E-state index in [0.717, 1.165) is 6.54 Å². The molecule has 1 nitrogen and oxygen atoms in total. The molecule has 2 rings (SSSR count). The summed E-state index contributed by atoms with van der Waals surface area (Å²) < 4.78 is 0. The molecular formula is C18H25N. The van der Waals surface area contributed by atoms with Crippen LogP contribution in [0.2, 0.25) is 0 Å². The maximum absolute atomic E-state index is 3.65. The van der Waals surface area contributed by atoms with Crippen molar-refractivity contribution >= 4 is 10.8 Å². The Kier molecular flexibility index (Phi) is 5.41. The standard InChI is InChI=1S/C18H25N/c1-3-4-5-9-15(2)19-14-17-12-8-11-16-10-6-7-13-18(16)17/h6-8,10-13,15,19H,3-5,9,14H2,1-2H3. The SMILES string of the molecule is CCCCCC(C)NCc1cccc2ccccc12. The molecule has 1 atom stereocenters. The van der Waals surface area contributed by atoms with Crippen LogP contribution in [0, 0.1) is 0 Å². The number of hydrogen-bond donors (Lipinski definition) is 1. The number of hydrogen-bond acceptors (Lipinski definition) is 1. The minimum atomic E-state index is 0.602. The molecule has 1 heteroatoms. The zero-order valence-corrected chi connectivity index (χ0v) is 12.2. The highest BCUT2D eigenvalue weighted by molar-refractivity contribution is 5.85. The molecule has 0 spiro atoms. The van der Waals surface area contributed by atoms with Gasteiger partial charge in [0.15, 0.2) is 0 Å². The molecule has 0 radical (unpaired) electrons. The average Bonchev–Trinajstić information content (AvgIpc) is 2.45. The van der Waals surface area contributed by atoms with Gasteiger partial charge in [0.25, 0.3) is 0 Å². The first kappa shape index (κ1) is 14.1. The topological polar surface area (TPSA) is 12.0 Å². The monoisotopic (exact) mass is 255 g/mol. The fourth-order valence-electron chi connectivity index (χ4n) is 2.53. The summed E-state index contributed by atoms with van der Waals surface area (Å²) in [4.78, 5) is 0. The van der Waals surface area contributed by atoms with E-state index in [2.05, 4.69) is 61.6 Å². The molecule has 0 aliphatic rings. The van der Waals surface area contributed by atoms with Crippen molar-refractivity contribution in [2.45, 2.75) is 52.1 Å². The summed E-state index contributed by atoms with van der Waals surface area (Å²) in [5.41, 5.74) is 1.40. The van der Waals surface area contributed by atoms with E-state index in [-0.39, 0.29) is 0 Å². The number of fused-ring (bicyclic) bond motifs is 1. The highest BCUT2D eigenvalue weighted by Gasteiger charge is 2.03. The lowest BCUT2D eigenvalue weighted by molar-refractivity contribution is 0.488. The van der Waals surface area contributed by atoms with Gasteiger partial charge in [0.1, 0.15) is 0 Å². The van der Waals surface area contributed by atoms with Gasteiger partial charge in [0.2, 0.25) is 0 Å². The van der Waals surface area contributed by atoms with Crippen LogP contribution in [0.15, 0.2) is 42.5 Å². The molecule has 0 aliphatic carbocycles. The van der Waals surface area contributed by atoms with Crippen LogP contribution in [0.25, 0.3) is 10.8 Å². The molecule has 19 heavy (non-hydrogen) atoms. The Morgan fingerprint density at radius 2 is 1.79 bits per heavy atom. The molecule has 2 aromatic rings. The fourth-order valence-corrected chi connectivity index (χ4v) is 2.53. The third kappa shape index (κ3) is 4.07. The Balaban J connectivity index is 1.94. The first-order valence-corrected chi connectivity index (χ1v) is 7.51. The molecule has 0 bridgehead atoms. The molecule has 1 N–H and O–H groups in total. The number of rotatable bonds is 7. The smallest absolute Gasteiger partial charge is 0.0214 e. The third-order valence-corrected chi connectivity index (χ3v) is 3.76. The van der Waals surface area contributed by atoms with Gasteiger partial charge >= 0.3 is 0 Å².